The maximum absolute atomic E-state index is 12.2. The van der Waals surface area contributed by atoms with Crippen molar-refractivity contribution in [3.63, 3.8) is 0 Å². The highest BCUT2D eigenvalue weighted by Gasteiger charge is 2.25. The normalized spacial score (nSPS) is 15.1. The fourth-order valence-corrected chi connectivity index (χ4v) is 4.41. The monoisotopic (exact) mass is 390 g/mol. The van der Waals surface area contributed by atoms with Gasteiger partial charge in [0.2, 0.25) is 11.7 Å². The summed E-state index contributed by atoms with van der Waals surface area (Å²) < 4.78 is 7.76. The number of rotatable bonds is 10. The molecule has 2 aromatic heterocycles. The molecule has 7 heteroatoms. The molecule has 6 nitrogen and oxygen atoms in total. The summed E-state index contributed by atoms with van der Waals surface area (Å²) in [6.45, 7) is 2.95. The number of carbonyl (C=O) groups is 1. The van der Waals surface area contributed by atoms with E-state index in [9.17, 15) is 4.79 Å². The average molecular weight is 391 g/mol. The Bertz CT molecular complexity index is 693. The van der Waals surface area contributed by atoms with Crippen molar-refractivity contribution >= 4 is 17.7 Å². The molecule has 1 N–H and O–H groups in total. The molecule has 27 heavy (non-hydrogen) atoms. The van der Waals surface area contributed by atoms with Crippen molar-refractivity contribution in [2.75, 3.05) is 12.3 Å². The predicted molar refractivity (Wildman–Crippen MR) is 108 cm³/mol. The van der Waals surface area contributed by atoms with Crippen LogP contribution in [-0.4, -0.2) is 33.0 Å². The first kappa shape index (κ1) is 20.0. The fraction of sp³-hybridized carbons (Fsp3) is 0.650. The second kappa shape index (κ2) is 10.5. The Hall–Kier alpha value is -1.76. The number of aromatic nitrogens is 3. The Kier molecular flexibility index (Phi) is 7.80. The summed E-state index contributed by atoms with van der Waals surface area (Å²) in [5.41, 5.74) is 0. The van der Waals surface area contributed by atoms with Crippen molar-refractivity contribution in [3.8, 4) is 11.6 Å². The number of nitrogens with zero attached hydrogens (tertiary/aromatic N) is 3. The van der Waals surface area contributed by atoms with Gasteiger partial charge in [0.1, 0.15) is 0 Å². The van der Waals surface area contributed by atoms with E-state index in [0.717, 1.165) is 42.5 Å². The van der Waals surface area contributed by atoms with Crippen molar-refractivity contribution in [2.24, 2.45) is 0 Å². The van der Waals surface area contributed by atoms with E-state index in [1.165, 1.54) is 50.3 Å². The predicted octanol–water partition coefficient (Wildman–Crippen LogP) is 4.83. The molecule has 1 amide bonds. The van der Waals surface area contributed by atoms with Gasteiger partial charge < -0.3 is 9.73 Å². The molecular weight excluding hydrogens is 360 g/mol. The molecule has 0 saturated heterocycles. The molecule has 1 aliphatic rings. The lowest BCUT2D eigenvalue weighted by atomic mass is 9.95. The molecule has 0 atom stereocenters. The Morgan fingerprint density at radius 1 is 1.26 bits per heavy atom. The largest absolute Gasteiger partial charge is 0.461 e. The summed E-state index contributed by atoms with van der Waals surface area (Å²) in [6.07, 6.45) is 12.3. The van der Waals surface area contributed by atoms with Crippen LogP contribution in [0.15, 0.2) is 28.0 Å². The number of unbranched alkanes of at least 4 members (excludes halogenated alkanes) is 3. The van der Waals surface area contributed by atoms with E-state index < -0.39 is 0 Å². The molecular formula is C20H30N4O2S. The third-order valence-corrected chi connectivity index (χ3v) is 5.97. The maximum atomic E-state index is 12.2. The third kappa shape index (κ3) is 5.61. The summed E-state index contributed by atoms with van der Waals surface area (Å²) in [6, 6.07) is 4.17. The Morgan fingerprint density at radius 3 is 2.85 bits per heavy atom. The van der Waals surface area contributed by atoms with Gasteiger partial charge >= 0.3 is 0 Å². The minimum atomic E-state index is 0.0641. The molecule has 0 radical (unpaired) electrons. The molecule has 1 aliphatic carbocycles. The number of amides is 1. The van der Waals surface area contributed by atoms with E-state index in [1.807, 2.05) is 12.1 Å². The van der Waals surface area contributed by atoms with Crippen molar-refractivity contribution in [2.45, 2.75) is 75.9 Å². The topological polar surface area (TPSA) is 73.0 Å². The van der Waals surface area contributed by atoms with E-state index >= 15 is 0 Å². The van der Waals surface area contributed by atoms with Gasteiger partial charge in [-0.15, -0.1) is 10.2 Å². The standard InChI is InChI=1S/C20H30N4O2S/c1-2-3-4-8-13-21-18(25)15-27-20-23-22-19(17-12-9-14-26-17)24(20)16-10-6-5-7-11-16/h9,12,14,16H,2-8,10-11,13,15H2,1H3,(H,21,25). The molecule has 0 aliphatic heterocycles. The lowest BCUT2D eigenvalue weighted by Crippen LogP contribution is -2.26. The van der Waals surface area contributed by atoms with Crippen LogP contribution in [0.1, 0.15) is 70.8 Å². The molecule has 0 unspecified atom stereocenters. The van der Waals surface area contributed by atoms with Gasteiger partial charge in [0, 0.05) is 12.6 Å². The average Bonchev–Trinajstić information content (AvgIpc) is 3.36. The minimum absolute atomic E-state index is 0.0641. The van der Waals surface area contributed by atoms with Crippen LogP contribution in [0.3, 0.4) is 0 Å². The maximum Gasteiger partial charge on any atom is 0.230 e. The van der Waals surface area contributed by atoms with Crippen molar-refractivity contribution in [1.29, 1.82) is 0 Å². The van der Waals surface area contributed by atoms with Gasteiger partial charge in [-0.2, -0.15) is 0 Å². The Balaban J connectivity index is 1.62. The third-order valence-electron chi connectivity index (χ3n) is 5.03. The summed E-state index contributed by atoms with van der Waals surface area (Å²) in [5.74, 6) is 1.94. The first-order valence-electron chi connectivity index (χ1n) is 10.2. The first-order valence-corrected chi connectivity index (χ1v) is 11.2. The zero-order chi connectivity index (χ0) is 18.9. The van der Waals surface area contributed by atoms with Gasteiger partial charge in [-0.05, 0) is 31.4 Å². The van der Waals surface area contributed by atoms with Crippen LogP contribution in [0, 0.1) is 0 Å². The van der Waals surface area contributed by atoms with Crippen LogP contribution >= 0.6 is 11.8 Å². The van der Waals surface area contributed by atoms with Gasteiger partial charge in [0.15, 0.2) is 10.9 Å². The van der Waals surface area contributed by atoms with E-state index in [2.05, 4.69) is 27.0 Å². The summed E-state index contributed by atoms with van der Waals surface area (Å²) in [4.78, 5) is 12.2. The zero-order valence-corrected chi connectivity index (χ0v) is 17.0. The van der Waals surface area contributed by atoms with Gasteiger partial charge in [-0.3, -0.25) is 9.36 Å². The zero-order valence-electron chi connectivity index (χ0n) is 16.2. The molecule has 148 valence electrons. The van der Waals surface area contributed by atoms with Crippen LogP contribution in [0.5, 0.6) is 0 Å². The van der Waals surface area contributed by atoms with E-state index in [0.29, 0.717) is 11.8 Å². The molecule has 1 fully saturated rings. The fourth-order valence-electron chi connectivity index (χ4n) is 3.58. The summed E-state index contributed by atoms with van der Waals surface area (Å²) >= 11 is 1.47. The number of carbonyl (C=O) groups excluding carboxylic acids is 1. The number of thioether (sulfide) groups is 1. The molecule has 0 aromatic carbocycles. The summed E-state index contributed by atoms with van der Waals surface area (Å²) in [5, 5.41) is 12.6. The first-order chi connectivity index (χ1) is 13.3. The number of hydrogen-bond donors (Lipinski definition) is 1. The van der Waals surface area contributed by atoms with Gasteiger partial charge in [0.05, 0.1) is 12.0 Å². The van der Waals surface area contributed by atoms with Gasteiger partial charge in [0.25, 0.3) is 0 Å². The van der Waals surface area contributed by atoms with Crippen molar-refractivity contribution < 1.29 is 9.21 Å². The summed E-state index contributed by atoms with van der Waals surface area (Å²) in [7, 11) is 0. The lowest BCUT2D eigenvalue weighted by Gasteiger charge is -2.25. The van der Waals surface area contributed by atoms with Crippen LogP contribution in [0.25, 0.3) is 11.6 Å². The van der Waals surface area contributed by atoms with E-state index in [4.69, 9.17) is 4.42 Å². The SMILES string of the molecule is CCCCCCNC(=O)CSc1nnc(-c2ccco2)n1C1CCCCC1. The van der Waals surface area contributed by atoms with Crippen LogP contribution in [-0.2, 0) is 4.79 Å². The molecule has 0 bridgehead atoms. The Morgan fingerprint density at radius 2 is 2.11 bits per heavy atom. The molecule has 2 aromatic rings. The van der Waals surface area contributed by atoms with E-state index in [1.54, 1.807) is 6.26 Å². The highest BCUT2D eigenvalue weighted by atomic mass is 32.2. The van der Waals surface area contributed by atoms with Crippen molar-refractivity contribution in [3.05, 3.63) is 18.4 Å². The van der Waals surface area contributed by atoms with E-state index in [-0.39, 0.29) is 5.91 Å². The van der Waals surface area contributed by atoms with Crippen LogP contribution in [0.2, 0.25) is 0 Å². The second-order valence-electron chi connectivity index (χ2n) is 7.14. The quantitative estimate of drug-likeness (QED) is 0.464. The molecule has 3 rings (SSSR count). The number of furan rings is 1. The van der Waals surface area contributed by atoms with Gasteiger partial charge in [-0.25, -0.2) is 0 Å². The number of hydrogen-bond acceptors (Lipinski definition) is 5. The van der Waals surface area contributed by atoms with Crippen molar-refractivity contribution in [1.82, 2.24) is 20.1 Å². The lowest BCUT2D eigenvalue weighted by molar-refractivity contribution is -0.118. The minimum Gasteiger partial charge on any atom is -0.461 e. The molecule has 1 saturated carbocycles. The van der Waals surface area contributed by atoms with Gasteiger partial charge in [-0.1, -0.05) is 57.2 Å². The highest BCUT2D eigenvalue weighted by Crippen LogP contribution is 2.35. The van der Waals surface area contributed by atoms with Crippen LogP contribution < -0.4 is 5.32 Å². The number of nitrogens with one attached hydrogen (secondary N) is 1. The molecule has 0 spiro atoms. The Labute approximate surface area is 165 Å². The highest BCUT2D eigenvalue weighted by molar-refractivity contribution is 7.99. The molecule has 2 heterocycles. The smallest absolute Gasteiger partial charge is 0.230 e. The second-order valence-corrected chi connectivity index (χ2v) is 8.09. The van der Waals surface area contributed by atoms with Crippen LogP contribution in [0.4, 0.5) is 0 Å².